The smallest absolute Gasteiger partial charge is 0.0446 e. The van der Waals surface area contributed by atoms with E-state index in [1.165, 1.54) is 0 Å². The number of nitrogens with one attached hydrogen (secondary N) is 1. The summed E-state index contributed by atoms with van der Waals surface area (Å²) >= 11 is 0. The lowest BCUT2D eigenvalue weighted by Crippen LogP contribution is -2.42. The first kappa shape index (κ1) is 15.9. The van der Waals surface area contributed by atoms with E-state index in [1.54, 1.807) is 0 Å². The Kier molecular flexibility index (Phi) is 8.90. The van der Waals surface area contributed by atoms with Gasteiger partial charge in [0.05, 0.1) is 0 Å². The molecular formula is C13H30N2O. The monoisotopic (exact) mass is 230 g/mol. The summed E-state index contributed by atoms with van der Waals surface area (Å²) in [6.07, 6.45) is 0.836. The minimum absolute atomic E-state index is 0.267. The van der Waals surface area contributed by atoms with E-state index >= 15 is 0 Å². The van der Waals surface area contributed by atoms with Crippen LogP contribution in [0.25, 0.3) is 0 Å². The number of rotatable bonds is 9. The van der Waals surface area contributed by atoms with Crippen LogP contribution in [0.15, 0.2) is 0 Å². The standard InChI is InChI=1S/C13H30N2O/c1-11(2)8-15(9-12(3)4)10-13(14-5)6-7-16/h11-14,16H,6-10H2,1-5H3. The van der Waals surface area contributed by atoms with E-state index in [0.29, 0.717) is 17.9 Å². The first-order valence-corrected chi connectivity index (χ1v) is 6.50. The van der Waals surface area contributed by atoms with Crippen LogP contribution in [0.2, 0.25) is 0 Å². The van der Waals surface area contributed by atoms with E-state index in [0.717, 1.165) is 26.1 Å². The molecule has 1 atom stereocenters. The van der Waals surface area contributed by atoms with Crippen LogP contribution < -0.4 is 5.32 Å². The van der Waals surface area contributed by atoms with Gasteiger partial charge in [0.2, 0.25) is 0 Å². The number of hydrogen-bond donors (Lipinski definition) is 2. The van der Waals surface area contributed by atoms with Crippen LogP contribution in [0.1, 0.15) is 34.1 Å². The summed E-state index contributed by atoms with van der Waals surface area (Å²) in [6.45, 7) is 12.6. The normalized spacial score (nSPS) is 14.1. The van der Waals surface area contributed by atoms with Gasteiger partial charge in [0.1, 0.15) is 0 Å². The quantitative estimate of drug-likeness (QED) is 0.631. The van der Waals surface area contributed by atoms with Crippen molar-refractivity contribution >= 4 is 0 Å². The second-order valence-corrected chi connectivity index (χ2v) is 5.50. The molecule has 2 N–H and O–H groups in total. The van der Waals surface area contributed by atoms with Crippen molar-refractivity contribution in [2.45, 2.75) is 40.2 Å². The van der Waals surface area contributed by atoms with E-state index < -0.39 is 0 Å². The Balaban J connectivity index is 4.15. The van der Waals surface area contributed by atoms with Crippen molar-refractivity contribution in [3.63, 3.8) is 0 Å². The molecule has 0 saturated heterocycles. The van der Waals surface area contributed by atoms with Crippen molar-refractivity contribution in [2.24, 2.45) is 11.8 Å². The van der Waals surface area contributed by atoms with Crippen molar-refractivity contribution < 1.29 is 5.11 Å². The van der Waals surface area contributed by atoms with Gasteiger partial charge in [-0.25, -0.2) is 0 Å². The summed E-state index contributed by atoms with van der Waals surface area (Å²) in [6, 6.07) is 0.405. The Morgan fingerprint density at radius 2 is 1.50 bits per heavy atom. The Morgan fingerprint density at radius 1 is 1.00 bits per heavy atom. The van der Waals surface area contributed by atoms with Gasteiger partial charge in [-0.3, -0.25) is 0 Å². The zero-order valence-electron chi connectivity index (χ0n) is 11.7. The molecule has 0 aromatic carbocycles. The second-order valence-electron chi connectivity index (χ2n) is 5.50. The summed E-state index contributed by atoms with van der Waals surface area (Å²) in [5.74, 6) is 1.40. The van der Waals surface area contributed by atoms with E-state index in [2.05, 4.69) is 37.9 Å². The van der Waals surface area contributed by atoms with E-state index in [-0.39, 0.29) is 6.61 Å². The lowest BCUT2D eigenvalue weighted by Gasteiger charge is -2.29. The zero-order valence-corrected chi connectivity index (χ0v) is 11.7. The molecule has 0 aliphatic heterocycles. The molecule has 0 heterocycles. The maximum Gasteiger partial charge on any atom is 0.0446 e. The van der Waals surface area contributed by atoms with Crippen LogP contribution in [0.4, 0.5) is 0 Å². The zero-order chi connectivity index (χ0) is 12.6. The second kappa shape index (κ2) is 8.97. The number of aliphatic hydroxyl groups excluding tert-OH is 1. The van der Waals surface area contributed by atoms with Gasteiger partial charge < -0.3 is 15.3 Å². The fourth-order valence-electron chi connectivity index (χ4n) is 2.05. The Bertz CT molecular complexity index is 150. The van der Waals surface area contributed by atoms with E-state index in [9.17, 15) is 0 Å². The van der Waals surface area contributed by atoms with Crippen LogP contribution in [0.3, 0.4) is 0 Å². The average molecular weight is 230 g/mol. The first-order valence-electron chi connectivity index (χ1n) is 6.50. The summed E-state index contributed by atoms with van der Waals surface area (Å²) in [5.41, 5.74) is 0. The SMILES string of the molecule is CNC(CCO)CN(CC(C)C)CC(C)C. The molecule has 0 radical (unpaired) electrons. The molecule has 3 heteroatoms. The molecule has 0 spiro atoms. The summed E-state index contributed by atoms with van der Waals surface area (Å²) in [4.78, 5) is 2.51. The van der Waals surface area contributed by atoms with E-state index in [1.807, 2.05) is 7.05 Å². The maximum absolute atomic E-state index is 8.99. The molecule has 0 fully saturated rings. The predicted octanol–water partition coefficient (Wildman–Crippen LogP) is 1.57. The highest BCUT2D eigenvalue weighted by atomic mass is 16.3. The highest BCUT2D eigenvalue weighted by Crippen LogP contribution is 2.06. The highest BCUT2D eigenvalue weighted by molar-refractivity contribution is 4.72. The number of nitrogens with zero attached hydrogens (tertiary/aromatic N) is 1. The molecular weight excluding hydrogens is 200 g/mol. The van der Waals surface area contributed by atoms with Crippen LogP contribution >= 0.6 is 0 Å². The van der Waals surface area contributed by atoms with Gasteiger partial charge in [-0.15, -0.1) is 0 Å². The van der Waals surface area contributed by atoms with Crippen molar-refractivity contribution in [1.29, 1.82) is 0 Å². The average Bonchev–Trinajstić information content (AvgIpc) is 2.14. The molecule has 3 nitrogen and oxygen atoms in total. The van der Waals surface area contributed by atoms with Crippen LogP contribution in [0.5, 0.6) is 0 Å². The first-order chi connectivity index (χ1) is 7.49. The molecule has 0 rings (SSSR count). The molecule has 0 saturated carbocycles. The minimum Gasteiger partial charge on any atom is -0.396 e. The van der Waals surface area contributed by atoms with Crippen molar-refractivity contribution in [2.75, 3.05) is 33.3 Å². The van der Waals surface area contributed by atoms with Gasteiger partial charge >= 0.3 is 0 Å². The van der Waals surface area contributed by atoms with Crippen molar-refractivity contribution in [3.8, 4) is 0 Å². The van der Waals surface area contributed by atoms with Gasteiger partial charge in [-0.05, 0) is 25.3 Å². The molecule has 0 amide bonds. The molecule has 0 bridgehead atoms. The maximum atomic E-state index is 8.99. The third kappa shape index (κ3) is 8.08. The van der Waals surface area contributed by atoms with Gasteiger partial charge in [-0.1, -0.05) is 27.7 Å². The molecule has 98 valence electrons. The predicted molar refractivity (Wildman–Crippen MR) is 70.7 cm³/mol. The molecule has 1 unspecified atom stereocenters. The third-order valence-corrected chi connectivity index (χ3v) is 2.61. The number of aliphatic hydroxyl groups is 1. The van der Waals surface area contributed by atoms with Gasteiger partial charge in [0, 0.05) is 32.3 Å². The molecule has 16 heavy (non-hydrogen) atoms. The lowest BCUT2D eigenvalue weighted by molar-refractivity contribution is 0.182. The largest absolute Gasteiger partial charge is 0.396 e. The van der Waals surface area contributed by atoms with Gasteiger partial charge in [0.25, 0.3) is 0 Å². The lowest BCUT2D eigenvalue weighted by atomic mass is 10.1. The van der Waals surface area contributed by atoms with Crippen LogP contribution in [-0.2, 0) is 0 Å². The Labute approximate surface area is 101 Å². The van der Waals surface area contributed by atoms with Crippen molar-refractivity contribution in [3.05, 3.63) is 0 Å². The van der Waals surface area contributed by atoms with Gasteiger partial charge in [-0.2, -0.15) is 0 Å². The third-order valence-electron chi connectivity index (χ3n) is 2.61. The summed E-state index contributed by atoms with van der Waals surface area (Å²) < 4.78 is 0. The van der Waals surface area contributed by atoms with Crippen LogP contribution in [0, 0.1) is 11.8 Å². The summed E-state index contributed by atoms with van der Waals surface area (Å²) in [5, 5.41) is 12.3. The minimum atomic E-state index is 0.267. The molecule has 0 aliphatic carbocycles. The Morgan fingerprint density at radius 3 is 1.81 bits per heavy atom. The summed E-state index contributed by atoms with van der Waals surface area (Å²) in [7, 11) is 1.98. The molecule has 0 aromatic rings. The molecule has 0 aliphatic rings. The fourth-order valence-corrected chi connectivity index (χ4v) is 2.05. The number of likely N-dealkylation sites (N-methyl/N-ethyl adjacent to an activating group) is 1. The van der Waals surface area contributed by atoms with E-state index in [4.69, 9.17) is 5.11 Å². The van der Waals surface area contributed by atoms with Gasteiger partial charge in [0.15, 0.2) is 0 Å². The number of hydrogen-bond acceptors (Lipinski definition) is 3. The Hall–Kier alpha value is -0.120. The molecule has 0 aromatic heterocycles. The van der Waals surface area contributed by atoms with Crippen LogP contribution in [-0.4, -0.2) is 49.3 Å². The highest BCUT2D eigenvalue weighted by Gasteiger charge is 2.14. The van der Waals surface area contributed by atoms with Crippen molar-refractivity contribution in [1.82, 2.24) is 10.2 Å². The topological polar surface area (TPSA) is 35.5 Å². The fraction of sp³-hybridized carbons (Fsp3) is 1.00.